The maximum Gasteiger partial charge on any atom is 0.248 e. The van der Waals surface area contributed by atoms with Crippen molar-refractivity contribution in [1.82, 2.24) is 0 Å². The normalized spacial score (nSPS) is 20.2. The number of hydrogen-bond acceptors (Lipinski definition) is 4. The number of hydrazone groups is 1. The minimum Gasteiger partial charge on any atom is -0.399 e. The molecule has 110 valence electrons. The van der Waals surface area contributed by atoms with Crippen molar-refractivity contribution < 1.29 is 4.79 Å². The Labute approximate surface area is 133 Å². The summed E-state index contributed by atoms with van der Waals surface area (Å²) >= 11 is 1.81. The molecule has 22 heavy (non-hydrogen) atoms. The average molecular weight is 309 g/mol. The highest BCUT2D eigenvalue weighted by molar-refractivity contribution is 7.99. The van der Waals surface area contributed by atoms with Gasteiger partial charge in [0.05, 0.1) is 11.4 Å². The van der Waals surface area contributed by atoms with Crippen LogP contribution in [0.1, 0.15) is 12.0 Å². The van der Waals surface area contributed by atoms with Crippen molar-refractivity contribution in [3.05, 3.63) is 54.1 Å². The van der Waals surface area contributed by atoms with Gasteiger partial charge in [-0.1, -0.05) is 18.2 Å². The molecule has 2 aliphatic rings. The second kappa shape index (κ2) is 5.18. The summed E-state index contributed by atoms with van der Waals surface area (Å²) in [5, 5.41) is 6.18. The molecule has 0 aliphatic carbocycles. The van der Waals surface area contributed by atoms with Crippen molar-refractivity contribution in [2.75, 3.05) is 16.5 Å². The van der Waals surface area contributed by atoms with Crippen LogP contribution in [-0.4, -0.2) is 17.4 Å². The Kier molecular flexibility index (Phi) is 3.15. The molecule has 2 heterocycles. The van der Waals surface area contributed by atoms with Gasteiger partial charge in [-0.15, -0.1) is 11.8 Å². The van der Waals surface area contributed by atoms with E-state index < -0.39 is 0 Å². The third kappa shape index (κ3) is 2.18. The molecule has 0 saturated heterocycles. The summed E-state index contributed by atoms with van der Waals surface area (Å²) in [6.45, 7) is 0. The third-order valence-corrected chi connectivity index (χ3v) is 5.23. The summed E-state index contributed by atoms with van der Waals surface area (Å²) in [7, 11) is 0. The average Bonchev–Trinajstić information content (AvgIpc) is 2.55. The number of nitrogen functional groups attached to an aromatic ring is 1. The first-order valence-electron chi connectivity index (χ1n) is 7.21. The van der Waals surface area contributed by atoms with Crippen LogP contribution in [0.5, 0.6) is 0 Å². The number of hydrogen-bond donors (Lipinski definition) is 1. The first-order valence-corrected chi connectivity index (χ1v) is 8.20. The molecular formula is C17H15N3OS. The molecule has 0 radical (unpaired) electrons. The lowest BCUT2D eigenvalue weighted by molar-refractivity contribution is -0.119. The fraction of sp³-hybridized carbons (Fsp3) is 0.176. The van der Waals surface area contributed by atoms with Gasteiger partial charge in [0, 0.05) is 34.2 Å². The van der Waals surface area contributed by atoms with Crippen LogP contribution < -0.4 is 10.7 Å². The molecule has 1 amide bonds. The fourth-order valence-electron chi connectivity index (χ4n) is 2.86. The van der Waals surface area contributed by atoms with Gasteiger partial charge in [0.15, 0.2) is 0 Å². The van der Waals surface area contributed by atoms with Crippen molar-refractivity contribution in [3.63, 3.8) is 0 Å². The zero-order valence-corrected chi connectivity index (χ0v) is 12.7. The summed E-state index contributed by atoms with van der Waals surface area (Å²) < 4.78 is 0. The Bertz CT molecular complexity index is 770. The molecule has 0 bridgehead atoms. The van der Waals surface area contributed by atoms with Gasteiger partial charge in [0.1, 0.15) is 0 Å². The number of anilines is 2. The maximum absolute atomic E-state index is 12.4. The molecule has 4 nitrogen and oxygen atoms in total. The number of nitrogens with zero attached hydrogens (tertiary/aromatic N) is 2. The van der Waals surface area contributed by atoms with E-state index in [1.54, 1.807) is 12.1 Å². The molecule has 0 spiro atoms. The van der Waals surface area contributed by atoms with Gasteiger partial charge < -0.3 is 5.73 Å². The molecule has 1 unspecified atom stereocenters. The topological polar surface area (TPSA) is 58.7 Å². The maximum atomic E-state index is 12.4. The Hall–Kier alpha value is -2.27. The highest BCUT2D eigenvalue weighted by Gasteiger charge is 2.34. The SMILES string of the molecule is Nc1ccc(N2N=C3c4ccccc4SCC3CC2=O)cc1. The van der Waals surface area contributed by atoms with Crippen LogP contribution in [0.15, 0.2) is 58.5 Å². The molecule has 2 aromatic carbocycles. The number of fused-ring (bicyclic) bond motifs is 3. The van der Waals surface area contributed by atoms with E-state index in [2.05, 4.69) is 17.2 Å². The lowest BCUT2D eigenvalue weighted by Gasteiger charge is -2.32. The van der Waals surface area contributed by atoms with E-state index in [4.69, 9.17) is 5.73 Å². The lowest BCUT2D eigenvalue weighted by atomic mass is 9.93. The van der Waals surface area contributed by atoms with Gasteiger partial charge >= 0.3 is 0 Å². The second-order valence-electron chi connectivity index (χ2n) is 5.49. The van der Waals surface area contributed by atoms with Crippen molar-refractivity contribution >= 4 is 34.8 Å². The summed E-state index contributed by atoms with van der Waals surface area (Å²) in [4.78, 5) is 13.7. The van der Waals surface area contributed by atoms with Crippen LogP contribution in [0.25, 0.3) is 0 Å². The van der Waals surface area contributed by atoms with E-state index >= 15 is 0 Å². The molecule has 2 aromatic rings. The molecule has 2 N–H and O–H groups in total. The summed E-state index contributed by atoms with van der Waals surface area (Å²) in [6.07, 6.45) is 0.505. The van der Waals surface area contributed by atoms with Gasteiger partial charge in [0.25, 0.3) is 0 Å². The van der Waals surface area contributed by atoms with E-state index in [0.717, 1.165) is 22.7 Å². The van der Waals surface area contributed by atoms with Crippen LogP contribution in [-0.2, 0) is 4.79 Å². The summed E-state index contributed by atoms with van der Waals surface area (Å²) in [5.74, 6) is 1.16. The highest BCUT2D eigenvalue weighted by Crippen LogP contribution is 2.37. The minimum absolute atomic E-state index is 0.0403. The molecule has 0 fully saturated rings. The number of carbonyl (C=O) groups is 1. The minimum atomic E-state index is 0.0403. The van der Waals surface area contributed by atoms with Crippen molar-refractivity contribution in [1.29, 1.82) is 0 Å². The van der Waals surface area contributed by atoms with Crippen molar-refractivity contribution in [2.24, 2.45) is 11.0 Å². The third-order valence-electron chi connectivity index (χ3n) is 3.99. The predicted molar refractivity (Wildman–Crippen MR) is 90.2 cm³/mol. The van der Waals surface area contributed by atoms with Crippen LogP contribution in [0.4, 0.5) is 11.4 Å². The first kappa shape index (κ1) is 13.4. The molecule has 0 aromatic heterocycles. The standard InChI is InChI=1S/C17H15N3OS/c18-12-5-7-13(8-6-12)20-16(21)9-11-10-22-15-4-2-1-3-14(15)17(11)19-20/h1-8,11H,9-10,18H2. The second-order valence-corrected chi connectivity index (χ2v) is 6.55. The number of carbonyl (C=O) groups excluding carboxylic acids is 1. The van der Waals surface area contributed by atoms with Crippen LogP contribution in [0.3, 0.4) is 0 Å². The Balaban J connectivity index is 1.80. The number of amides is 1. The molecule has 2 aliphatic heterocycles. The summed E-state index contributed by atoms with van der Waals surface area (Å²) in [6, 6.07) is 15.5. The van der Waals surface area contributed by atoms with E-state index in [1.807, 2.05) is 36.0 Å². The monoisotopic (exact) mass is 309 g/mol. The first-order chi connectivity index (χ1) is 10.7. The van der Waals surface area contributed by atoms with E-state index in [0.29, 0.717) is 12.1 Å². The zero-order chi connectivity index (χ0) is 15.1. The molecule has 4 rings (SSSR count). The quantitative estimate of drug-likeness (QED) is 0.823. The Morgan fingerprint density at radius 2 is 1.91 bits per heavy atom. The number of benzene rings is 2. The molecule has 1 atom stereocenters. The molecule has 5 heteroatoms. The van der Waals surface area contributed by atoms with Crippen LogP contribution in [0, 0.1) is 5.92 Å². The van der Waals surface area contributed by atoms with Crippen LogP contribution >= 0.6 is 11.8 Å². The van der Waals surface area contributed by atoms with Gasteiger partial charge in [0.2, 0.25) is 5.91 Å². The predicted octanol–water partition coefficient (Wildman–Crippen LogP) is 3.13. The molecular weight excluding hydrogens is 294 g/mol. The van der Waals surface area contributed by atoms with Crippen LogP contribution in [0.2, 0.25) is 0 Å². The van der Waals surface area contributed by atoms with Gasteiger partial charge in [-0.05, 0) is 30.3 Å². The van der Waals surface area contributed by atoms with Crippen molar-refractivity contribution in [3.8, 4) is 0 Å². The fourth-order valence-corrected chi connectivity index (χ4v) is 4.02. The smallest absolute Gasteiger partial charge is 0.248 e. The van der Waals surface area contributed by atoms with Gasteiger partial charge in [-0.3, -0.25) is 4.79 Å². The van der Waals surface area contributed by atoms with Crippen molar-refractivity contribution in [2.45, 2.75) is 11.3 Å². The van der Waals surface area contributed by atoms with Gasteiger partial charge in [-0.25, -0.2) is 5.01 Å². The van der Waals surface area contributed by atoms with E-state index in [9.17, 15) is 4.79 Å². The number of nitrogens with two attached hydrogens (primary N) is 1. The van der Waals surface area contributed by atoms with Gasteiger partial charge in [-0.2, -0.15) is 5.10 Å². The van der Waals surface area contributed by atoms with E-state index in [1.165, 1.54) is 9.90 Å². The number of rotatable bonds is 1. The Morgan fingerprint density at radius 3 is 2.73 bits per heavy atom. The lowest BCUT2D eigenvalue weighted by Crippen LogP contribution is -2.39. The van der Waals surface area contributed by atoms with E-state index in [-0.39, 0.29) is 11.8 Å². The largest absolute Gasteiger partial charge is 0.399 e. The summed E-state index contributed by atoms with van der Waals surface area (Å²) in [5.41, 5.74) is 9.33. The number of thioether (sulfide) groups is 1. The highest BCUT2D eigenvalue weighted by atomic mass is 32.2. The molecule has 0 saturated carbocycles. The zero-order valence-electron chi connectivity index (χ0n) is 11.9. The Morgan fingerprint density at radius 1 is 1.14 bits per heavy atom.